The molecule has 0 aliphatic carbocycles. The van der Waals surface area contributed by atoms with Crippen LogP contribution in [0.1, 0.15) is 98.0 Å². The van der Waals surface area contributed by atoms with Crippen LogP contribution in [0.4, 0.5) is 11.5 Å². The number of anilines is 2. The summed E-state index contributed by atoms with van der Waals surface area (Å²) in [5.74, 6) is 5.84. The molecule has 1 amide bonds. The number of hydrogen-bond acceptors (Lipinski definition) is 15. The number of hydrogen-bond donors (Lipinski definition) is 8. The zero-order chi connectivity index (χ0) is 51.1. The van der Waals surface area contributed by atoms with Crippen LogP contribution < -0.4 is 35.8 Å². The number of carbonyl (C=O) groups is 2. The van der Waals surface area contributed by atoms with Gasteiger partial charge in [-0.2, -0.15) is 8.62 Å². The Bertz CT molecular complexity index is 3550. The van der Waals surface area contributed by atoms with Gasteiger partial charge in [-0.1, -0.05) is 11.8 Å². The summed E-state index contributed by atoms with van der Waals surface area (Å²) in [4.78, 5) is 75.2. The van der Waals surface area contributed by atoms with Gasteiger partial charge in [0.2, 0.25) is 5.36 Å². The van der Waals surface area contributed by atoms with Crippen molar-refractivity contribution in [1.29, 1.82) is 0 Å². The van der Waals surface area contributed by atoms with Crippen LogP contribution in [0.2, 0.25) is 0 Å². The molecular formula is C47H49N7O16P3+. The van der Waals surface area contributed by atoms with E-state index >= 15 is 0 Å². The van der Waals surface area contributed by atoms with Crippen LogP contribution in [0.3, 0.4) is 0 Å². The normalized spacial score (nSPS) is 21.4. The number of nitrogens with two attached hydrogens (primary N) is 1. The van der Waals surface area contributed by atoms with Crippen molar-refractivity contribution in [2.45, 2.75) is 76.2 Å². The third-order valence-corrected chi connectivity index (χ3v) is 17.8. The SMILES string of the molecule is Nc1ncnc2c1c(C#CCNC(=O)c1ccc(C(=O)O)c(C3=c4cc5c6c(c4Oc4c3cc3c7c4CCCN7CCC3)CCC[N+]=6CCC5)c1)cn2[C@H]1C[C@H](O)[C@@H](COP(=O)(O)OP(=O)(O)OP(=O)(O)O)O1. The lowest BCUT2D eigenvalue weighted by molar-refractivity contribution is -0.0421. The molecule has 0 spiro atoms. The second-order valence-corrected chi connectivity index (χ2v) is 23.0. The summed E-state index contributed by atoms with van der Waals surface area (Å²) in [5, 5.41) is 26.8. The van der Waals surface area contributed by atoms with Gasteiger partial charge in [-0.25, -0.2) is 33.0 Å². The number of carboxylic acids is 1. The van der Waals surface area contributed by atoms with Crippen molar-refractivity contribution in [2.75, 3.05) is 50.0 Å². The standard InChI is InChI=1S/C47H48N7O16P3/c48-44-38-28(22-54(45(38)51-24-50-44)37-21-35(55)36(67-37)23-66-72(62,63)70-73(64,65)69-71(59,60)61)6-1-13-49-46(56)27-11-12-29(47(57)58)32(20-27)39-33-18-25-7-2-14-52-16-4-9-30(40(25)52)42(33)68-43-31-10-5-17-53-15-3-8-26(41(31)53)19-34(39)43/h11-12,18-20,22,24,35-37,55H,2-5,7-10,13-17,21,23H2,(H7-,48,49,50,51,56,57,58,59,60,61,62,63,64,65)/p+1/t35-,36+,37+/m0/s1. The zero-order valence-corrected chi connectivity index (χ0v) is 41.5. The maximum absolute atomic E-state index is 14.1. The van der Waals surface area contributed by atoms with E-state index in [2.05, 4.69) is 61.9 Å². The van der Waals surface area contributed by atoms with Gasteiger partial charge in [0, 0.05) is 77.3 Å². The monoisotopic (exact) mass is 1060 g/mol. The molecule has 0 radical (unpaired) electrons. The van der Waals surface area contributed by atoms with E-state index in [1.165, 1.54) is 51.4 Å². The number of ether oxygens (including phenoxy) is 2. The Morgan fingerprint density at radius 2 is 1.66 bits per heavy atom. The van der Waals surface area contributed by atoms with Gasteiger partial charge in [-0.3, -0.25) is 9.32 Å². The number of aliphatic hydroxyl groups is 1. The Labute approximate surface area is 415 Å². The lowest BCUT2D eigenvalue weighted by Gasteiger charge is -2.39. The number of aliphatic hydroxyl groups excluding tert-OH is 1. The molecule has 8 heterocycles. The molecule has 1 saturated heterocycles. The van der Waals surface area contributed by atoms with Crippen molar-refractivity contribution in [3.05, 3.63) is 104 Å². The van der Waals surface area contributed by atoms with Crippen LogP contribution in [-0.2, 0) is 57.3 Å². The van der Waals surface area contributed by atoms with E-state index in [4.69, 9.17) is 25.0 Å². The van der Waals surface area contributed by atoms with Crippen molar-refractivity contribution < 1.29 is 75.7 Å². The van der Waals surface area contributed by atoms with E-state index in [0.29, 0.717) is 16.5 Å². The molecule has 9 N–H and O–H groups in total. The molecule has 26 heteroatoms. The van der Waals surface area contributed by atoms with Gasteiger partial charge < -0.3 is 59.8 Å². The number of aryl methyl sites for hydroxylation is 2. The summed E-state index contributed by atoms with van der Waals surface area (Å²) in [6.45, 7) is 2.84. The largest absolute Gasteiger partial charge is 0.490 e. The van der Waals surface area contributed by atoms with Gasteiger partial charge in [-0.15, -0.1) is 0 Å². The highest BCUT2D eigenvalue weighted by molar-refractivity contribution is 7.66. The Balaban J connectivity index is 0.884. The first kappa shape index (κ1) is 49.4. The average Bonchev–Trinajstić information content (AvgIpc) is 3.90. The molecule has 73 heavy (non-hydrogen) atoms. The van der Waals surface area contributed by atoms with Crippen molar-refractivity contribution in [3.8, 4) is 23.3 Å². The Morgan fingerprint density at radius 3 is 2.44 bits per heavy atom. The lowest BCUT2D eigenvalue weighted by atomic mass is 9.81. The first-order valence-corrected chi connectivity index (χ1v) is 28.2. The molecule has 2 aromatic heterocycles. The molecule has 2 unspecified atom stereocenters. The number of fused-ring (bicyclic) bond motifs is 5. The quantitative estimate of drug-likeness (QED) is 0.0496. The fourth-order valence-electron chi connectivity index (χ4n) is 11.2. The fraction of sp³-hybridized carbons (Fsp3) is 0.383. The average molecular weight is 1060 g/mol. The summed E-state index contributed by atoms with van der Waals surface area (Å²) in [6.07, 6.45) is 6.30. The van der Waals surface area contributed by atoms with E-state index in [0.717, 1.165) is 117 Å². The highest BCUT2D eigenvalue weighted by Gasteiger charge is 2.44. The maximum Gasteiger partial charge on any atom is 0.490 e. The highest BCUT2D eigenvalue weighted by Crippen LogP contribution is 2.66. The molecule has 0 saturated carbocycles. The number of aromatic nitrogens is 3. The van der Waals surface area contributed by atoms with Crippen LogP contribution in [-0.4, -0.2) is 108 Å². The smallest absolute Gasteiger partial charge is 0.478 e. The number of nitrogens with zero attached hydrogens (tertiary/aromatic N) is 5. The minimum Gasteiger partial charge on any atom is -0.478 e. The van der Waals surface area contributed by atoms with Crippen LogP contribution in [0.25, 0.3) is 16.6 Å². The minimum atomic E-state index is -5.78. The number of carbonyl (C=O) groups excluding carboxylic acids is 1. The first-order valence-electron chi connectivity index (χ1n) is 23.6. The number of rotatable bonds is 12. The highest BCUT2D eigenvalue weighted by atomic mass is 31.3. The van der Waals surface area contributed by atoms with E-state index in [9.17, 15) is 43.3 Å². The molecule has 6 aliphatic rings. The third-order valence-electron chi connectivity index (χ3n) is 14.0. The number of nitrogen functional groups attached to an aromatic ring is 1. The number of phosphoric acid groups is 3. The van der Waals surface area contributed by atoms with Gasteiger partial charge in [0.25, 0.3) is 5.91 Å². The molecule has 23 nitrogen and oxygen atoms in total. The van der Waals surface area contributed by atoms with Crippen LogP contribution >= 0.6 is 23.5 Å². The number of phosphoric ester groups is 1. The Morgan fingerprint density at radius 1 is 0.904 bits per heavy atom. The van der Waals surface area contributed by atoms with Gasteiger partial charge in [0.05, 0.1) is 41.3 Å². The van der Waals surface area contributed by atoms with E-state index in [1.807, 2.05) is 0 Å². The molecular weight excluding hydrogens is 1010 g/mol. The second-order valence-electron chi connectivity index (χ2n) is 18.6. The van der Waals surface area contributed by atoms with Gasteiger partial charge in [0.1, 0.15) is 54.7 Å². The minimum absolute atomic E-state index is 0.0453. The van der Waals surface area contributed by atoms with Crippen molar-refractivity contribution in [2.24, 2.45) is 0 Å². The number of amides is 1. The predicted octanol–water partition coefficient (Wildman–Crippen LogP) is 2.92. The summed E-state index contributed by atoms with van der Waals surface area (Å²) in [6, 6.07) is 8.97. The molecule has 6 aliphatic heterocycles. The third kappa shape index (κ3) is 9.41. The molecule has 0 bridgehead atoms. The topological polar surface area (TPSA) is 328 Å². The zero-order valence-electron chi connectivity index (χ0n) is 38.8. The first-order chi connectivity index (χ1) is 34.8. The molecule has 11 rings (SSSR count). The Hall–Kier alpha value is -5.82. The van der Waals surface area contributed by atoms with Crippen LogP contribution in [0, 0.1) is 11.8 Å². The second kappa shape index (κ2) is 18.8. The molecule has 3 aromatic carbocycles. The predicted molar refractivity (Wildman–Crippen MR) is 259 cm³/mol. The van der Waals surface area contributed by atoms with Crippen molar-refractivity contribution in [3.63, 3.8) is 0 Å². The summed E-state index contributed by atoms with van der Waals surface area (Å²) < 4.78 is 64.2. The van der Waals surface area contributed by atoms with Crippen LogP contribution in [0.15, 0.2) is 42.9 Å². The van der Waals surface area contributed by atoms with Gasteiger partial charge in [0.15, 0.2) is 0 Å². The van der Waals surface area contributed by atoms with Crippen molar-refractivity contribution in [1.82, 2.24) is 24.4 Å². The van der Waals surface area contributed by atoms with E-state index in [-0.39, 0.29) is 35.6 Å². The van der Waals surface area contributed by atoms with Crippen LogP contribution in [0.5, 0.6) is 11.5 Å². The molecule has 382 valence electrons. The van der Waals surface area contributed by atoms with Gasteiger partial charge >= 0.3 is 29.4 Å². The fourth-order valence-corrected chi connectivity index (χ4v) is 14.2. The molecule has 1 fully saturated rings. The lowest BCUT2D eigenvalue weighted by Crippen LogP contribution is -2.45. The number of aromatic carboxylic acids is 1. The van der Waals surface area contributed by atoms with Gasteiger partial charge in [-0.05, 0) is 80.0 Å². The molecule has 5 atom stereocenters. The molecule has 5 aromatic rings. The van der Waals surface area contributed by atoms with E-state index < -0.39 is 60.4 Å². The summed E-state index contributed by atoms with van der Waals surface area (Å²) >= 11 is 0. The number of nitrogens with one attached hydrogen (secondary N) is 1. The summed E-state index contributed by atoms with van der Waals surface area (Å²) in [7, 11) is -16.9. The number of benzene rings is 3. The Kier molecular flexibility index (Phi) is 12.7. The van der Waals surface area contributed by atoms with Crippen molar-refractivity contribution >= 4 is 63.5 Å². The van der Waals surface area contributed by atoms with E-state index in [1.54, 1.807) is 6.07 Å². The maximum atomic E-state index is 14.1. The summed E-state index contributed by atoms with van der Waals surface area (Å²) in [5.41, 5.74) is 15.0. The number of carboxylic acid groups (broad SMARTS) is 1.